The number of aryl methyl sites for hydroxylation is 1. The van der Waals surface area contributed by atoms with Crippen molar-refractivity contribution >= 4 is 23.6 Å². The van der Waals surface area contributed by atoms with Crippen LogP contribution in [-0.2, 0) is 4.79 Å². The van der Waals surface area contributed by atoms with E-state index in [9.17, 15) is 9.59 Å². The number of carbonyl (C=O) groups is 2. The van der Waals surface area contributed by atoms with Gasteiger partial charge in [0, 0.05) is 16.5 Å². The summed E-state index contributed by atoms with van der Waals surface area (Å²) in [7, 11) is 0. The van der Waals surface area contributed by atoms with Crippen LogP contribution < -0.4 is 5.32 Å². The largest absolute Gasteiger partial charge is 0.481 e. The topological polar surface area (TPSA) is 66.4 Å². The summed E-state index contributed by atoms with van der Waals surface area (Å²) in [6.45, 7) is 3.54. The third kappa shape index (κ3) is 4.07. The van der Waals surface area contributed by atoms with E-state index < -0.39 is 5.97 Å². The number of thioether (sulfide) groups is 1. The molecule has 0 fully saturated rings. The summed E-state index contributed by atoms with van der Waals surface area (Å²) >= 11 is 1.56. The number of benzene rings is 1. The van der Waals surface area contributed by atoms with Crippen molar-refractivity contribution in [2.24, 2.45) is 0 Å². The molecule has 18 heavy (non-hydrogen) atoms. The van der Waals surface area contributed by atoms with Crippen LogP contribution in [0.4, 0.5) is 0 Å². The maximum Gasteiger partial charge on any atom is 0.305 e. The molecule has 2 N–H and O–H groups in total. The molecule has 1 unspecified atom stereocenters. The number of hydrogen-bond acceptors (Lipinski definition) is 3. The number of carboxylic acids is 1. The molecule has 0 radical (unpaired) electrons. The Bertz CT molecular complexity index is 460. The molecule has 0 aliphatic heterocycles. The number of aliphatic carboxylic acids is 1. The highest BCUT2D eigenvalue weighted by atomic mass is 32.2. The molecule has 0 saturated heterocycles. The van der Waals surface area contributed by atoms with E-state index in [4.69, 9.17) is 5.11 Å². The lowest BCUT2D eigenvalue weighted by molar-refractivity contribution is -0.137. The average molecular weight is 267 g/mol. The van der Waals surface area contributed by atoms with Crippen LogP contribution >= 0.6 is 11.8 Å². The lowest BCUT2D eigenvalue weighted by atomic mass is 10.1. The first kappa shape index (κ1) is 14.6. The molecule has 98 valence electrons. The van der Waals surface area contributed by atoms with Gasteiger partial charge in [0.2, 0.25) is 0 Å². The summed E-state index contributed by atoms with van der Waals surface area (Å²) in [5.41, 5.74) is 1.48. The van der Waals surface area contributed by atoms with Gasteiger partial charge in [0.1, 0.15) is 0 Å². The Kier molecular flexibility index (Phi) is 5.22. The fourth-order valence-electron chi connectivity index (χ4n) is 1.59. The first-order chi connectivity index (χ1) is 8.43. The Balaban J connectivity index is 2.80. The van der Waals surface area contributed by atoms with E-state index >= 15 is 0 Å². The number of amides is 1. The van der Waals surface area contributed by atoms with Gasteiger partial charge in [-0.05, 0) is 37.8 Å². The number of carboxylic acid groups (broad SMARTS) is 1. The first-order valence-electron chi connectivity index (χ1n) is 5.61. The molecule has 0 aromatic heterocycles. The SMILES string of the molecule is CSc1ccc(C)c(C(=O)NC(C)CC(=O)O)c1. The van der Waals surface area contributed by atoms with Crippen molar-refractivity contribution in [1.82, 2.24) is 5.32 Å². The maximum absolute atomic E-state index is 12.0. The molecule has 0 spiro atoms. The Labute approximate surface area is 111 Å². The molecule has 1 aromatic carbocycles. The molecule has 5 heteroatoms. The lowest BCUT2D eigenvalue weighted by Crippen LogP contribution is -2.34. The van der Waals surface area contributed by atoms with E-state index in [1.54, 1.807) is 18.7 Å². The van der Waals surface area contributed by atoms with Crippen molar-refractivity contribution in [1.29, 1.82) is 0 Å². The second-order valence-corrected chi connectivity index (χ2v) is 5.03. The highest BCUT2D eigenvalue weighted by Gasteiger charge is 2.14. The number of hydrogen-bond donors (Lipinski definition) is 2. The van der Waals surface area contributed by atoms with Gasteiger partial charge in [-0.1, -0.05) is 6.07 Å². The fraction of sp³-hybridized carbons (Fsp3) is 0.385. The predicted molar refractivity (Wildman–Crippen MR) is 72.1 cm³/mol. The summed E-state index contributed by atoms with van der Waals surface area (Å²) in [6.07, 6.45) is 1.87. The number of nitrogens with one attached hydrogen (secondary N) is 1. The lowest BCUT2D eigenvalue weighted by Gasteiger charge is -2.13. The minimum Gasteiger partial charge on any atom is -0.481 e. The summed E-state index contributed by atoms with van der Waals surface area (Å²) in [5.74, 6) is -1.14. The van der Waals surface area contributed by atoms with Gasteiger partial charge >= 0.3 is 5.97 Å². The van der Waals surface area contributed by atoms with Gasteiger partial charge in [0.05, 0.1) is 6.42 Å². The van der Waals surface area contributed by atoms with Gasteiger partial charge in [-0.15, -0.1) is 11.8 Å². The van der Waals surface area contributed by atoms with E-state index in [0.717, 1.165) is 10.5 Å². The van der Waals surface area contributed by atoms with E-state index in [1.807, 2.05) is 31.4 Å². The van der Waals surface area contributed by atoms with Gasteiger partial charge in [0.15, 0.2) is 0 Å². The van der Waals surface area contributed by atoms with Gasteiger partial charge in [-0.25, -0.2) is 0 Å². The fourth-order valence-corrected chi connectivity index (χ4v) is 2.03. The quantitative estimate of drug-likeness (QED) is 0.803. The standard InChI is InChI=1S/C13H17NO3S/c1-8-4-5-10(18-3)7-11(8)13(17)14-9(2)6-12(15)16/h4-5,7,9H,6H2,1-3H3,(H,14,17)(H,15,16). The Hall–Kier alpha value is -1.49. The van der Waals surface area contributed by atoms with E-state index in [1.165, 1.54) is 0 Å². The molecule has 0 aliphatic carbocycles. The molecule has 1 aromatic rings. The van der Waals surface area contributed by atoms with Crippen molar-refractivity contribution in [3.63, 3.8) is 0 Å². The average Bonchev–Trinajstić information content (AvgIpc) is 2.28. The minimum absolute atomic E-state index is 0.0764. The Morgan fingerprint density at radius 3 is 2.67 bits per heavy atom. The van der Waals surface area contributed by atoms with Gasteiger partial charge in [-0.2, -0.15) is 0 Å². The zero-order chi connectivity index (χ0) is 13.7. The number of carbonyl (C=O) groups excluding carboxylic acids is 1. The summed E-state index contributed by atoms with van der Waals surface area (Å²) in [5, 5.41) is 11.3. The van der Waals surface area contributed by atoms with Crippen molar-refractivity contribution in [3.05, 3.63) is 29.3 Å². The van der Waals surface area contributed by atoms with Crippen molar-refractivity contribution in [2.75, 3.05) is 6.26 Å². The molecule has 1 atom stereocenters. The van der Waals surface area contributed by atoms with Crippen molar-refractivity contribution in [2.45, 2.75) is 31.2 Å². The molecular formula is C13H17NO3S. The van der Waals surface area contributed by atoms with E-state index in [-0.39, 0.29) is 18.4 Å². The number of rotatable bonds is 5. The smallest absolute Gasteiger partial charge is 0.305 e. The van der Waals surface area contributed by atoms with Crippen LogP contribution in [-0.4, -0.2) is 29.3 Å². The normalized spacial score (nSPS) is 11.9. The molecule has 1 rings (SSSR count). The Morgan fingerprint density at radius 1 is 1.44 bits per heavy atom. The molecule has 1 amide bonds. The van der Waals surface area contributed by atoms with Crippen LogP contribution in [0.3, 0.4) is 0 Å². The van der Waals surface area contributed by atoms with Crippen LogP contribution in [0.2, 0.25) is 0 Å². The molecule has 0 heterocycles. The summed E-state index contributed by atoms with van der Waals surface area (Å²) < 4.78 is 0. The molecule has 0 saturated carbocycles. The highest BCUT2D eigenvalue weighted by Crippen LogP contribution is 2.19. The molecular weight excluding hydrogens is 250 g/mol. The van der Waals surface area contributed by atoms with Crippen LogP contribution in [0, 0.1) is 6.92 Å². The van der Waals surface area contributed by atoms with Gasteiger partial charge < -0.3 is 10.4 Å². The second kappa shape index (κ2) is 6.44. The van der Waals surface area contributed by atoms with Crippen LogP contribution in [0.5, 0.6) is 0 Å². The van der Waals surface area contributed by atoms with Crippen LogP contribution in [0.1, 0.15) is 29.3 Å². The van der Waals surface area contributed by atoms with Crippen molar-refractivity contribution in [3.8, 4) is 0 Å². The third-order valence-corrected chi connectivity index (χ3v) is 3.27. The van der Waals surface area contributed by atoms with Gasteiger partial charge in [-0.3, -0.25) is 9.59 Å². The second-order valence-electron chi connectivity index (χ2n) is 4.15. The van der Waals surface area contributed by atoms with Crippen LogP contribution in [0.25, 0.3) is 0 Å². The van der Waals surface area contributed by atoms with Crippen molar-refractivity contribution < 1.29 is 14.7 Å². The van der Waals surface area contributed by atoms with E-state index in [2.05, 4.69) is 5.32 Å². The predicted octanol–water partition coefficient (Wildman–Crippen LogP) is 2.31. The molecule has 0 bridgehead atoms. The zero-order valence-electron chi connectivity index (χ0n) is 10.7. The molecule has 0 aliphatic rings. The van der Waals surface area contributed by atoms with Crippen LogP contribution in [0.15, 0.2) is 23.1 Å². The third-order valence-electron chi connectivity index (χ3n) is 2.55. The monoisotopic (exact) mass is 267 g/mol. The minimum atomic E-state index is -0.919. The maximum atomic E-state index is 12.0. The van der Waals surface area contributed by atoms with Gasteiger partial charge in [0.25, 0.3) is 5.91 Å². The molecule has 4 nitrogen and oxygen atoms in total. The first-order valence-corrected chi connectivity index (χ1v) is 6.83. The summed E-state index contributed by atoms with van der Waals surface area (Å²) in [6, 6.07) is 5.29. The van der Waals surface area contributed by atoms with E-state index in [0.29, 0.717) is 5.56 Å². The Morgan fingerprint density at radius 2 is 2.11 bits per heavy atom. The zero-order valence-corrected chi connectivity index (χ0v) is 11.5. The highest BCUT2D eigenvalue weighted by molar-refractivity contribution is 7.98. The summed E-state index contributed by atoms with van der Waals surface area (Å²) in [4.78, 5) is 23.6.